The van der Waals surface area contributed by atoms with Crippen molar-refractivity contribution in [3.63, 3.8) is 0 Å². The Labute approximate surface area is 177 Å². The zero-order valence-corrected chi connectivity index (χ0v) is 17.4. The van der Waals surface area contributed by atoms with Crippen molar-refractivity contribution >= 4 is 5.91 Å². The first-order valence-corrected chi connectivity index (χ1v) is 11.0. The number of morpholine rings is 1. The molecule has 0 N–H and O–H groups in total. The lowest BCUT2D eigenvalue weighted by Gasteiger charge is -2.34. The van der Waals surface area contributed by atoms with Crippen molar-refractivity contribution in [1.82, 2.24) is 14.8 Å². The maximum absolute atomic E-state index is 13.9. The van der Waals surface area contributed by atoms with Crippen molar-refractivity contribution in [2.45, 2.75) is 32.1 Å². The number of benzene rings is 1. The third-order valence-electron chi connectivity index (χ3n) is 6.17. The van der Waals surface area contributed by atoms with Crippen molar-refractivity contribution in [3.8, 4) is 11.3 Å². The SMILES string of the molecule is O=C(CCc1ncc(-c2ccccc2F)o1)N1CCC(CCN2CCOCC2)CC1. The van der Waals surface area contributed by atoms with Gasteiger partial charge in [-0.15, -0.1) is 0 Å². The molecule has 30 heavy (non-hydrogen) atoms. The van der Waals surface area contributed by atoms with Crippen LogP contribution in [0.3, 0.4) is 0 Å². The van der Waals surface area contributed by atoms with Crippen molar-refractivity contribution in [2.24, 2.45) is 5.92 Å². The third-order valence-corrected chi connectivity index (χ3v) is 6.17. The van der Waals surface area contributed by atoms with Crippen molar-refractivity contribution in [3.05, 3.63) is 42.2 Å². The molecule has 7 heteroatoms. The summed E-state index contributed by atoms with van der Waals surface area (Å²) < 4.78 is 24.9. The summed E-state index contributed by atoms with van der Waals surface area (Å²) in [5.74, 6) is 1.38. The van der Waals surface area contributed by atoms with E-state index in [1.54, 1.807) is 18.2 Å². The van der Waals surface area contributed by atoms with Crippen LogP contribution in [-0.4, -0.2) is 66.6 Å². The number of carbonyl (C=O) groups excluding carboxylic acids is 1. The van der Waals surface area contributed by atoms with Gasteiger partial charge in [-0.3, -0.25) is 9.69 Å². The molecule has 2 saturated heterocycles. The predicted molar refractivity (Wildman–Crippen MR) is 111 cm³/mol. The zero-order chi connectivity index (χ0) is 20.8. The number of hydrogen-bond acceptors (Lipinski definition) is 5. The van der Waals surface area contributed by atoms with Crippen LogP contribution in [0.5, 0.6) is 0 Å². The fourth-order valence-electron chi connectivity index (χ4n) is 4.24. The minimum atomic E-state index is -0.340. The van der Waals surface area contributed by atoms with Crippen LogP contribution in [0.25, 0.3) is 11.3 Å². The largest absolute Gasteiger partial charge is 0.441 e. The van der Waals surface area contributed by atoms with Crippen LogP contribution in [0.1, 0.15) is 31.6 Å². The van der Waals surface area contributed by atoms with Crippen molar-refractivity contribution in [1.29, 1.82) is 0 Å². The molecule has 0 radical (unpaired) electrons. The number of piperidine rings is 1. The van der Waals surface area contributed by atoms with Gasteiger partial charge in [0.05, 0.1) is 25.0 Å². The van der Waals surface area contributed by atoms with E-state index in [1.807, 2.05) is 4.90 Å². The van der Waals surface area contributed by atoms with Crippen LogP contribution in [0.2, 0.25) is 0 Å². The number of rotatable bonds is 7. The maximum atomic E-state index is 13.9. The van der Waals surface area contributed by atoms with Gasteiger partial charge in [-0.05, 0) is 43.9 Å². The molecule has 2 fully saturated rings. The highest BCUT2D eigenvalue weighted by Crippen LogP contribution is 2.24. The molecule has 1 aromatic heterocycles. The number of aryl methyl sites for hydroxylation is 1. The second-order valence-corrected chi connectivity index (χ2v) is 8.16. The van der Waals surface area contributed by atoms with E-state index in [0.29, 0.717) is 36.0 Å². The summed E-state index contributed by atoms with van der Waals surface area (Å²) in [6.45, 7) is 6.57. The topological polar surface area (TPSA) is 58.8 Å². The highest BCUT2D eigenvalue weighted by Gasteiger charge is 2.24. The standard InChI is InChI=1S/C23H30FN3O3/c24-20-4-2-1-3-19(20)21-17-25-22(30-21)5-6-23(28)27-11-8-18(9-12-27)7-10-26-13-15-29-16-14-26/h1-4,17-18H,5-16H2. The molecule has 1 aromatic carbocycles. The quantitative estimate of drug-likeness (QED) is 0.694. The molecular formula is C23H30FN3O3. The van der Waals surface area contributed by atoms with E-state index in [2.05, 4.69) is 9.88 Å². The summed E-state index contributed by atoms with van der Waals surface area (Å²) in [5.41, 5.74) is 0.390. The second-order valence-electron chi connectivity index (χ2n) is 8.16. The van der Waals surface area contributed by atoms with Crippen LogP contribution in [-0.2, 0) is 16.0 Å². The van der Waals surface area contributed by atoms with Gasteiger partial charge in [-0.1, -0.05) is 12.1 Å². The fourth-order valence-corrected chi connectivity index (χ4v) is 4.24. The van der Waals surface area contributed by atoms with Crippen LogP contribution in [0, 0.1) is 11.7 Å². The number of halogens is 1. The van der Waals surface area contributed by atoms with Crippen LogP contribution >= 0.6 is 0 Å². The Kier molecular flexibility index (Phi) is 7.12. The second kappa shape index (κ2) is 10.2. The molecular weight excluding hydrogens is 385 g/mol. The lowest BCUT2D eigenvalue weighted by atomic mass is 9.93. The molecule has 6 nitrogen and oxygen atoms in total. The lowest BCUT2D eigenvalue weighted by Crippen LogP contribution is -2.40. The monoisotopic (exact) mass is 415 g/mol. The van der Waals surface area contributed by atoms with Crippen LogP contribution in [0.4, 0.5) is 4.39 Å². The summed E-state index contributed by atoms with van der Waals surface area (Å²) in [6.07, 6.45) is 5.69. The number of likely N-dealkylation sites (tertiary alicyclic amines) is 1. The number of ether oxygens (including phenoxy) is 1. The molecule has 0 aliphatic carbocycles. The Balaban J connectivity index is 1.19. The number of aromatic nitrogens is 1. The number of carbonyl (C=O) groups is 1. The van der Waals surface area contributed by atoms with Gasteiger partial charge >= 0.3 is 0 Å². The van der Waals surface area contributed by atoms with E-state index in [9.17, 15) is 9.18 Å². The first kappa shape index (κ1) is 21.0. The summed E-state index contributed by atoms with van der Waals surface area (Å²) in [7, 11) is 0. The van der Waals surface area contributed by atoms with Crippen molar-refractivity contribution in [2.75, 3.05) is 45.9 Å². The first-order valence-electron chi connectivity index (χ1n) is 11.0. The molecule has 0 unspecified atom stereocenters. The summed E-state index contributed by atoms with van der Waals surface area (Å²) in [4.78, 5) is 21.2. The number of oxazole rings is 1. The number of hydrogen-bond donors (Lipinski definition) is 0. The molecule has 162 valence electrons. The highest BCUT2D eigenvalue weighted by atomic mass is 19.1. The zero-order valence-electron chi connectivity index (χ0n) is 17.4. The molecule has 0 bridgehead atoms. The van der Waals surface area contributed by atoms with Crippen LogP contribution in [0.15, 0.2) is 34.9 Å². The molecule has 2 aromatic rings. The highest BCUT2D eigenvalue weighted by molar-refractivity contribution is 5.76. The summed E-state index contributed by atoms with van der Waals surface area (Å²) in [6, 6.07) is 6.45. The minimum absolute atomic E-state index is 0.146. The van der Waals surface area contributed by atoms with E-state index in [4.69, 9.17) is 9.15 Å². The molecule has 1 amide bonds. The van der Waals surface area contributed by atoms with E-state index < -0.39 is 0 Å². The maximum Gasteiger partial charge on any atom is 0.223 e. The van der Waals surface area contributed by atoms with Gasteiger partial charge in [0, 0.05) is 39.0 Å². The van der Waals surface area contributed by atoms with E-state index >= 15 is 0 Å². The van der Waals surface area contributed by atoms with Gasteiger partial charge in [0.25, 0.3) is 0 Å². The lowest BCUT2D eigenvalue weighted by molar-refractivity contribution is -0.132. The Morgan fingerprint density at radius 2 is 1.90 bits per heavy atom. The summed E-state index contributed by atoms with van der Waals surface area (Å²) in [5, 5.41) is 0. The van der Waals surface area contributed by atoms with E-state index in [1.165, 1.54) is 18.7 Å². The molecule has 3 heterocycles. The van der Waals surface area contributed by atoms with Gasteiger partial charge in [0.2, 0.25) is 5.91 Å². The number of nitrogens with zero attached hydrogens (tertiary/aromatic N) is 3. The Hall–Kier alpha value is -2.25. The molecule has 0 spiro atoms. The Bertz CT molecular complexity index is 827. The molecule has 2 aliphatic rings. The Morgan fingerprint density at radius 1 is 1.13 bits per heavy atom. The van der Waals surface area contributed by atoms with E-state index in [0.717, 1.165) is 58.8 Å². The molecule has 4 rings (SSSR count). The molecule has 2 aliphatic heterocycles. The fraction of sp³-hybridized carbons (Fsp3) is 0.565. The van der Waals surface area contributed by atoms with Gasteiger partial charge < -0.3 is 14.1 Å². The predicted octanol–water partition coefficient (Wildman–Crippen LogP) is 3.37. The van der Waals surface area contributed by atoms with Gasteiger partial charge in [-0.2, -0.15) is 0 Å². The normalized spacial score (nSPS) is 18.6. The van der Waals surface area contributed by atoms with Crippen LogP contribution < -0.4 is 0 Å². The smallest absolute Gasteiger partial charge is 0.223 e. The average molecular weight is 416 g/mol. The number of amides is 1. The molecule has 0 atom stereocenters. The van der Waals surface area contributed by atoms with E-state index in [-0.39, 0.29) is 11.7 Å². The van der Waals surface area contributed by atoms with Gasteiger partial charge in [0.1, 0.15) is 5.82 Å². The first-order chi connectivity index (χ1) is 14.7. The summed E-state index contributed by atoms with van der Waals surface area (Å²) >= 11 is 0. The third kappa shape index (κ3) is 5.46. The van der Waals surface area contributed by atoms with Gasteiger partial charge in [-0.25, -0.2) is 9.37 Å². The van der Waals surface area contributed by atoms with Gasteiger partial charge in [0.15, 0.2) is 11.7 Å². The van der Waals surface area contributed by atoms with Crippen molar-refractivity contribution < 1.29 is 18.3 Å². The Morgan fingerprint density at radius 3 is 2.67 bits per heavy atom. The molecule has 0 saturated carbocycles. The minimum Gasteiger partial charge on any atom is -0.441 e. The average Bonchev–Trinajstić information content (AvgIpc) is 3.26.